The van der Waals surface area contributed by atoms with Crippen LogP contribution in [0.4, 0.5) is 0 Å². The molecule has 0 saturated carbocycles. The van der Waals surface area contributed by atoms with Crippen molar-refractivity contribution in [2.75, 3.05) is 0 Å². The first kappa shape index (κ1) is 33.5. The first-order chi connectivity index (χ1) is 27.5. The van der Waals surface area contributed by atoms with Gasteiger partial charge in [0.25, 0.3) is 0 Å². The van der Waals surface area contributed by atoms with E-state index < -0.39 is 16.1 Å². The van der Waals surface area contributed by atoms with Gasteiger partial charge in [-0.3, -0.25) is 0 Å². The predicted octanol–water partition coefficient (Wildman–Crippen LogP) is 12.4. The van der Waals surface area contributed by atoms with Crippen LogP contribution in [0.3, 0.4) is 0 Å². The van der Waals surface area contributed by atoms with Gasteiger partial charge in [-0.25, -0.2) is 0 Å². The predicted molar refractivity (Wildman–Crippen MR) is 237 cm³/mol. The van der Waals surface area contributed by atoms with E-state index in [4.69, 9.17) is 4.74 Å². The minimum Gasteiger partial charge on any atom is -0.455 e. The van der Waals surface area contributed by atoms with Gasteiger partial charge in [0.15, 0.2) is 0 Å². The maximum absolute atomic E-state index is 7.56. The Hall–Kier alpha value is -5.86. The van der Waals surface area contributed by atoms with Crippen LogP contribution in [0, 0.1) is 0 Å². The normalized spacial score (nSPS) is 14.5. The van der Waals surface area contributed by atoms with Crippen LogP contribution in [0.5, 0.6) is 11.5 Å². The third-order valence-electron chi connectivity index (χ3n) is 11.7. The van der Waals surface area contributed by atoms with Gasteiger partial charge in [0.1, 0.15) is 11.5 Å². The van der Waals surface area contributed by atoms with E-state index >= 15 is 0 Å². The summed E-state index contributed by atoms with van der Waals surface area (Å²) >= 11 is 0. The first-order valence-corrected chi connectivity index (χ1v) is 22.2. The molecule has 6 aromatic carbocycles. The van der Waals surface area contributed by atoms with Gasteiger partial charge in [0, 0.05) is 63.0 Å². The van der Waals surface area contributed by atoms with E-state index in [1.807, 2.05) is 0 Å². The summed E-state index contributed by atoms with van der Waals surface area (Å²) in [6, 6.07) is 57.6. The molecule has 0 bridgehead atoms. The Kier molecular flexibility index (Phi) is 7.85. The summed E-state index contributed by atoms with van der Waals surface area (Å²) in [4.78, 5) is 0. The lowest BCUT2D eigenvalue weighted by atomic mass is 9.76. The number of para-hydroxylation sites is 6. The summed E-state index contributed by atoms with van der Waals surface area (Å²) in [6.45, 7) is 4.75. The van der Waals surface area contributed by atoms with Crippen molar-refractivity contribution in [1.82, 2.24) is 17.8 Å². The van der Waals surface area contributed by atoms with Crippen LogP contribution < -0.4 is 15.3 Å². The van der Waals surface area contributed by atoms with Crippen molar-refractivity contribution in [1.29, 1.82) is 0 Å². The lowest BCUT2D eigenvalue weighted by molar-refractivity contribution is 0.424. The number of nitrogens with zero attached hydrogens (tertiary/aromatic N) is 4. The number of benzene rings is 6. The third-order valence-corrected chi connectivity index (χ3v) is 16.4. The van der Waals surface area contributed by atoms with Crippen molar-refractivity contribution in [2.24, 2.45) is 0 Å². The van der Waals surface area contributed by atoms with Gasteiger partial charge in [-0.1, -0.05) is 111 Å². The molecular weight excluding hydrogens is 723 g/mol. The highest BCUT2D eigenvalue weighted by Crippen LogP contribution is 2.55. The van der Waals surface area contributed by atoms with Gasteiger partial charge >= 0.3 is 0 Å². The van der Waals surface area contributed by atoms with Gasteiger partial charge in [-0.05, 0) is 82.2 Å². The smallest absolute Gasteiger partial charge is 0.141 e. The van der Waals surface area contributed by atoms with Crippen LogP contribution in [-0.4, -0.2) is 17.8 Å². The van der Waals surface area contributed by atoms with Crippen molar-refractivity contribution in [3.05, 3.63) is 194 Å². The highest BCUT2D eigenvalue weighted by Gasteiger charge is 2.39. The molecule has 5 heterocycles. The minimum atomic E-state index is -0.970. The molecule has 7 heteroatoms. The zero-order chi connectivity index (χ0) is 37.4. The number of hydrogen-bond donors (Lipinski definition) is 0. The zero-order valence-corrected chi connectivity index (χ0v) is 33.1. The van der Waals surface area contributed by atoms with E-state index in [0.717, 1.165) is 24.1 Å². The maximum atomic E-state index is 7.56. The van der Waals surface area contributed by atoms with E-state index in [1.54, 1.807) is 0 Å². The summed E-state index contributed by atoms with van der Waals surface area (Å²) in [5, 5.41) is 7.50. The van der Waals surface area contributed by atoms with Gasteiger partial charge in [-0.2, -0.15) is 0 Å². The molecule has 0 radical (unpaired) electrons. The Balaban J connectivity index is 1.10. The van der Waals surface area contributed by atoms with Gasteiger partial charge in [0.2, 0.25) is 0 Å². The molecule has 1 aliphatic rings. The molecule has 10 aromatic rings. The van der Waals surface area contributed by atoms with Gasteiger partial charge in [-0.15, -0.1) is 0 Å². The summed E-state index contributed by atoms with van der Waals surface area (Å²) < 4.78 is 17.5. The molecule has 2 atom stereocenters. The van der Waals surface area contributed by atoms with Crippen molar-refractivity contribution in [2.45, 2.75) is 31.8 Å². The van der Waals surface area contributed by atoms with E-state index in [2.05, 4.69) is 214 Å². The molecule has 0 spiro atoms. The third kappa shape index (κ3) is 5.29. The van der Waals surface area contributed by atoms with E-state index in [0.29, 0.717) is 0 Å². The molecule has 2 unspecified atom stereocenters. The second-order valence-corrected chi connectivity index (χ2v) is 19.2. The SMILES string of the molecule is CC1(C)c2cccc(P(Cn3ccc4ccccc43)n3ccc4ccccc43)c2Oc2c(P(Cn3ccc4ccccc43)n3ccc4ccccc43)cccc21. The van der Waals surface area contributed by atoms with Crippen molar-refractivity contribution >= 4 is 70.4 Å². The minimum absolute atomic E-state index is 0.297. The molecule has 0 amide bonds. The first-order valence-electron chi connectivity index (χ1n) is 19.2. The molecule has 56 heavy (non-hydrogen) atoms. The largest absolute Gasteiger partial charge is 0.455 e. The standard InChI is InChI=1S/C49H40N4OP2/c1-49(2)39-17-11-23-45(55(52-31-27-37-15-5-9-21-43(37)52)33-50-29-25-35-13-3-7-19-41(35)50)47(39)54-48-40(49)18-12-24-46(48)56(53-32-28-38-16-6-10-22-44(38)53)34-51-30-26-36-14-4-8-20-42(36)51/h3-32H,33-34H2,1-2H3. The van der Waals surface area contributed by atoms with Crippen molar-refractivity contribution in [3.8, 4) is 11.5 Å². The van der Waals surface area contributed by atoms with Crippen LogP contribution in [0.1, 0.15) is 25.0 Å². The number of ether oxygens (including phenoxy) is 1. The Morgan fingerprint density at radius 2 is 0.786 bits per heavy atom. The lowest BCUT2D eigenvalue weighted by Gasteiger charge is -2.38. The van der Waals surface area contributed by atoms with Crippen LogP contribution in [0.15, 0.2) is 183 Å². The number of hydrogen-bond acceptors (Lipinski definition) is 1. The molecule has 0 fully saturated rings. The summed E-state index contributed by atoms with van der Waals surface area (Å²) in [5.41, 5.74) is 7.14. The zero-order valence-electron chi connectivity index (χ0n) is 31.3. The molecule has 0 aliphatic carbocycles. The molecule has 0 saturated heterocycles. The fourth-order valence-electron chi connectivity index (χ4n) is 8.80. The molecule has 5 nitrogen and oxygen atoms in total. The Bertz CT molecular complexity index is 2880. The van der Waals surface area contributed by atoms with Crippen molar-refractivity contribution < 1.29 is 4.74 Å². The Morgan fingerprint density at radius 3 is 1.23 bits per heavy atom. The fraction of sp³-hybridized carbons (Fsp3) is 0.102. The molecule has 0 N–H and O–H groups in total. The summed E-state index contributed by atoms with van der Waals surface area (Å²) in [7, 11) is -1.94. The number of rotatable bonds is 8. The van der Waals surface area contributed by atoms with Crippen LogP contribution >= 0.6 is 16.1 Å². The molecule has 1 aliphatic heterocycles. The van der Waals surface area contributed by atoms with Crippen LogP contribution in [0.25, 0.3) is 43.6 Å². The maximum Gasteiger partial charge on any atom is 0.141 e. The number of fused-ring (bicyclic) bond motifs is 6. The second-order valence-electron chi connectivity index (χ2n) is 15.2. The quantitative estimate of drug-likeness (QED) is 0.142. The lowest BCUT2D eigenvalue weighted by Crippen LogP contribution is -2.30. The van der Waals surface area contributed by atoms with Gasteiger partial charge < -0.3 is 22.5 Å². The monoisotopic (exact) mass is 762 g/mol. The Morgan fingerprint density at radius 1 is 0.411 bits per heavy atom. The number of aromatic nitrogens is 4. The topological polar surface area (TPSA) is 28.9 Å². The molecule has 272 valence electrons. The van der Waals surface area contributed by atoms with E-state index in [-0.39, 0.29) is 5.41 Å². The van der Waals surface area contributed by atoms with Crippen LogP contribution in [0.2, 0.25) is 0 Å². The van der Waals surface area contributed by atoms with Crippen LogP contribution in [-0.2, 0) is 18.0 Å². The summed E-state index contributed by atoms with van der Waals surface area (Å²) in [6.07, 6.45) is 10.7. The summed E-state index contributed by atoms with van der Waals surface area (Å²) in [5.74, 6) is 1.99. The molecule has 11 rings (SSSR count). The highest BCUT2D eigenvalue weighted by atomic mass is 31.1. The van der Waals surface area contributed by atoms with E-state index in [9.17, 15) is 0 Å². The van der Waals surface area contributed by atoms with Crippen molar-refractivity contribution in [3.63, 3.8) is 0 Å². The molecule has 4 aromatic heterocycles. The molecular formula is C49H40N4OP2. The van der Waals surface area contributed by atoms with E-state index in [1.165, 1.54) is 65.3 Å². The fourth-order valence-corrected chi connectivity index (χ4v) is 13.6. The highest BCUT2D eigenvalue weighted by molar-refractivity contribution is 7.64. The average molecular weight is 763 g/mol. The average Bonchev–Trinajstić information content (AvgIpc) is 4.04. The Labute approximate surface area is 328 Å². The van der Waals surface area contributed by atoms with Gasteiger partial charge in [0.05, 0.1) is 39.7 Å². The second kappa shape index (κ2) is 13.1.